The second-order valence-electron chi connectivity index (χ2n) is 13.4. The monoisotopic (exact) mass is 782 g/mol. The number of alkyl halides is 3. The molecule has 0 radical (unpaired) electrons. The van der Waals surface area contributed by atoms with Crippen LogP contribution in [-0.2, 0) is 10.1 Å². The fourth-order valence-corrected chi connectivity index (χ4v) is 6.59. The summed E-state index contributed by atoms with van der Waals surface area (Å²) in [6.07, 6.45) is 0. The minimum Gasteiger partial charge on any atom is -0.423 e. The smallest absolute Gasteiger partial charge is 0.423 e. The largest absolute Gasteiger partial charge is 0.534 e. The van der Waals surface area contributed by atoms with Crippen LogP contribution in [0.1, 0.15) is 11.1 Å². The minimum atomic E-state index is -5.63. The molecule has 0 spiro atoms. The van der Waals surface area contributed by atoms with E-state index in [1.165, 1.54) is 56.8 Å². The normalized spacial score (nSPS) is 11.2. The summed E-state index contributed by atoms with van der Waals surface area (Å²) in [5.74, 6) is -0.365. The van der Waals surface area contributed by atoms with E-state index >= 15 is 0 Å². The van der Waals surface area contributed by atoms with E-state index in [1.54, 1.807) is 24.3 Å². The van der Waals surface area contributed by atoms with Crippen molar-refractivity contribution in [3.8, 4) is 39.1 Å². The van der Waals surface area contributed by atoms with Crippen molar-refractivity contribution in [2.45, 2.75) is 19.4 Å². The zero-order valence-electron chi connectivity index (χ0n) is 31.1. The lowest BCUT2D eigenvalue weighted by Crippen LogP contribution is -2.29. The van der Waals surface area contributed by atoms with Gasteiger partial charge in [-0.2, -0.15) is 21.6 Å². The molecular formula is C47H38BF3O5S. The molecule has 8 rings (SSSR count). The van der Waals surface area contributed by atoms with Crippen molar-refractivity contribution in [2.24, 2.45) is 0 Å². The highest BCUT2D eigenvalue weighted by Crippen LogP contribution is 2.30. The predicted molar refractivity (Wildman–Crippen MR) is 226 cm³/mol. The first kappa shape index (κ1) is 40.5. The standard InChI is InChI=1S/C23H18.C12H11BO2.C12H9F3O3S/c1-17-10-11-19-12-13-22(16-23(19)14-17)21-9-5-8-20(15-21)18-6-3-2-4-7-18;14-13(15)12-8-4-7-11(9-12)10-5-2-1-3-6-10;1-8-2-3-9-4-5-11(7-10(9)6-8)18-19(16,17)12(13,14)15/h2-16H,1H3;1-9,14-15H;2-7H,1H3. The second-order valence-corrected chi connectivity index (χ2v) is 14.9. The van der Waals surface area contributed by atoms with E-state index < -0.39 is 22.7 Å². The number of hydrogen-bond donors (Lipinski definition) is 2. The van der Waals surface area contributed by atoms with Crippen LogP contribution in [0.4, 0.5) is 13.2 Å². The lowest BCUT2D eigenvalue weighted by molar-refractivity contribution is -0.0500. The zero-order chi connectivity index (χ0) is 40.6. The van der Waals surface area contributed by atoms with E-state index in [0.717, 1.165) is 22.1 Å². The van der Waals surface area contributed by atoms with E-state index in [9.17, 15) is 21.6 Å². The van der Waals surface area contributed by atoms with Gasteiger partial charge in [0.15, 0.2) is 0 Å². The molecule has 0 saturated heterocycles. The van der Waals surface area contributed by atoms with Gasteiger partial charge in [0, 0.05) is 0 Å². The van der Waals surface area contributed by atoms with Gasteiger partial charge in [-0.1, -0.05) is 169 Å². The number of hydrogen-bond acceptors (Lipinski definition) is 5. The van der Waals surface area contributed by atoms with Crippen LogP contribution in [-0.4, -0.2) is 31.1 Å². The highest BCUT2D eigenvalue weighted by Gasteiger charge is 2.48. The summed E-state index contributed by atoms with van der Waals surface area (Å²) >= 11 is 0. The van der Waals surface area contributed by atoms with Crippen molar-refractivity contribution in [3.63, 3.8) is 0 Å². The third kappa shape index (κ3) is 10.6. The Balaban J connectivity index is 0.000000148. The summed E-state index contributed by atoms with van der Waals surface area (Å²) in [7, 11) is -7.04. The Bertz CT molecular complexity index is 2720. The quantitative estimate of drug-likeness (QED) is 0.0997. The van der Waals surface area contributed by atoms with Crippen molar-refractivity contribution in [1.82, 2.24) is 0 Å². The number of fused-ring (bicyclic) bond motifs is 2. The molecule has 0 unspecified atom stereocenters. The van der Waals surface area contributed by atoms with Gasteiger partial charge < -0.3 is 14.2 Å². The molecule has 0 aliphatic carbocycles. The van der Waals surface area contributed by atoms with Crippen LogP contribution in [0.25, 0.3) is 54.9 Å². The zero-order valence-corrected chi connectivity index (χ0v) is 31.9. The lowest BCUT2D eigenvalue weighted by Gasteiger charge is -2.10. The topological polar surface area (TPSA) is 83.8 Å². The molecule has 5 nitrogen and oxygen atoms in total. The maximum absolute atomic E-state index is 12.2. The summed E-state index contributed by atoms with van der Waals surface area (Å²) in [4.78, 5) is 0. The average Bonchev–Trinajstić information content (AvgIpc) is 3.21. The molecule has 0 bridgehead atoms. The molecular weight excluding hydrogens is 744 g/mol. The molecule has 0 aliphatic rings. The summed E-state index contributed by atoms with van der Waals surface area (Å²) in [5.41, 5.74) is 4.37. The molecule has 10 heteroatoms. The maximum Gasteiger partial charge on any atom is 0.534 e. The molecule has 2 N–H and O–H groups in total. The number of halogens is 3. The van der Waals surface area contributed by atoms with Crippen molar-refractivity contribution >= 4 is 44.2 Å². The second kappa shape index (κ2) is 17.7. The van der Waals surface area contributed by atoms with Gasteiger partial charge in [-0.05, 0) is 98.5 Å². The van der Waals surface area contributed by atoms with Crippen molar-refractivity contribution in [3.05, 3.63) is 193 Å². The molecule has 8 aromatic carbocycles. The molecule has 0 aliphatic heterocycles. The number of rotatable bonds is 6. The van der Waals surface area contributed by atoms with E-state index in [0.29, 0.717) is 10.8 Å². The van der Waals surface area contributed by atoms with Gasteiger partial charge in [0.1, 0.15) is 5.75 Å². The van der Waals surface area contributed by atoms with Crippen LogP contribution < -0.4 is 9.65 Å². The Morgan fingerprint density at radius 2 is 0.895 bits per heavy atom. The lowest BCUT2D eigenvalue weighted by atomic mass is 9.79. The fourth-order valence-electron chi connectivity index (χ4n) is 6.13. The first-order valence-corrected chi connectivity index (χ1v) is 19.4. The van der Waals surface area contributed by atoms with Gasteiger partial charge in [0.2, 0.25) is 0 Å². The van der Waals surface area contributed by atoms with E-state index in [1.807, 2.05) is 55.5 Å². The summed E-state index contributed by atoms with van der Waals surface area (Å²) < 4.78 is 62.4. The van der Waals surface area contributed by atoms with Gasteiger partial charge in [-0.15, -0.1) is 0 Å². The molecule has 0 aromatic heterocycles. The Morgan fingerprint density at radius 1 is 0.456 bits per heavy atom. The van der Waals surface area contributed by atoms with Crippen LogP contribution in [0, 0.1) is 13.8 Å². The number of aryl methyl sites for hydroxylation is 2. The highest BCUT2D eigenvalue weighted by molar-refractivity contribution is 7.88. The first-order chi connectivity index (χ1) is 27.3. The van der Waals surface area contributed by atoms with Gasteiger partial charge >= 0.3 is 22.7 Å². The van der Waals surface area contributed by atoms with Gasteiger partial charge in [-0.25, -0.2) is 0 Å². The van der Waals surface area contributed by atoms with Gasteiger partial charge in [0.05, 0.1) is 0 Å². The van der Waals surface area contributed by atoms with Crippen molar-refractivity contribution in [1.29, 1.82) is 0 Å². The average molecular weight is 783 g/mol. The minimum absolute atomic E-state index is 0.365. The predicted octanol–water partition coefficient (Wildman–Crippen LogP) is 10.9. The maximum atomic E-state index is 12.2. The Labute approximate surface area is 330 Å². The molecule has 8 aromatic rings. The van der Waals surface area contributed by atoms with Crippen molar-refractivity contribution < 1.29 is 35.8 Å². The van der Waals surface area contributed by atoms with Crippen LogP contribution in [0.2, 0.25) is 0 Å². The molecule has 0 fully saturated rings. The summed E-state index contributed by atoms with van der Waals surface area (Å²) in [6, 6.07) is 59.0. The molecule has 0 heterocycles. The van der Waals surface area contributed by atoms with Crippen molar-refractivity contribution in [2.75, 3.05) is 0 Å². The fraction of sp³-hybridized carbons (Fsp3) is 0.0638. The molecule has 0 amide bonds. The SMILES string of the molecule is Cc1ccc2ccc(-c3cccc(-c4ccccc4)c3)cc2c1.Cc1ccc2ccc(OS(=O)(=O)C(F)(F)F)cc2c1.OB(O)c1cccc(-c2ccccc2)c1. The van der Waals surface area contributed by atoms with Crippen LogP contribution >= 0.6 is 0 Å². The third-order valence-corrected chi connectivity index (χ3v) is 10.0. The Hall–Kier alpha value is -6.20. The molecule has 0 atom stereocenters. The van der Waals surface area contributed by atoms with Gasteiger partial charge in [-0.3, -0.25) is 0 Å². The van der Waals surface area contributed by atoms with Gasteiger partial charge in [0.25, 0.3) is 0 Å². The van der Waals surface area contributed by atoms with Crippen LogP contribution in [0.3, 0.4) is 0 Å². The first-order valence-electron chi connectivity index (χ1n) is 17.9. The summed E-state index contributed by atoms with van der Waals surface area (Å²) in [6.45, 7) is 3.96. The molecule has 0 saturated carbocycles. The highest BCUT2D eigenvalue weighted by atomic mass is 32.2. The van der Waals surface area contributed by atoms with E-state index in [4.69, 9.17) is 10.0 Å². The van der Waals surface area contributed by atoms with E-state index in [-0.39, 0.29) is 5.75 Å². The van der Waals surface area contributed by atoms with Crippen LogP contribution in [0.15, 0.2) is 182 Å². The number of benzene rings is 8. The Kier molecular flexibility index (Phi) is 12.6. The Morgan fingerprint density at radius 3 is 1.44 bits per heavy atom. The third-order valence-electron chi connectivity index (χ3n) is 9.05. The molecule has 57 heavy (non-hydrogen) atoms. The summed E-state index contributed by atoms with van der Waals surface area (Å²) in [5, 5.41) is 22.1. The molecule has 286 valence electrons. The van der Waals surface area contributed by atoms with Crippen LogP contribution in [0.5, 0.6) is 5.75 Å². The van der Waals surface area contributed by atoms with E-state index in [2.05, 4.69) is 102 Å².